The summed E-state index contributed by atoms with van der Waals surface area (Å²) in [7, 11) is 1.63. The highest BCUT2D eigenvalue weighted by atomic mass is 35.5. The molecule has 1 fully saturated rings. The number of hydrogen-bond acceptors (Lipinski definition) is 7. The number of rotatable bonds is 6. The van der Waals surface area contributed by atoms with Gasteiger partial charge in [0.1, 0.15) is 17.7 Å². The molecule has 4 aromatic rings. The molecule has 3 aromatic carbocycles. The lowest BCUT2D eigenvalue weighted by molar-refractivity contribution is 0.139. The quantitative estimate of drug-likeness (QED) is 0.344. The van der Waals surface area contributed by atoms with Gasteiger partial charge in [-0.15, -0.1) is 0 Å². The summed E-state index contributed by atoms with van der Waals surface area (Å²) < 4.78 is 17.2. The van der Waals surface area contributed by atoms with E-state index in [9.17, 15) is 0 Å². The number of hydrogen-bond donors (Lipinski definition) is 2. The number of aromatic nitrogens is 2. The Morgan fingerprint density at radius 3 is 2.74 bits per heavy atom. The van der Waals surface area contributed by atoms with Crippen molar-refractivity contribution < 1.29 is 14.2 Å². The van der Waals surface area contributed by atoms with Gasteiger partial charge in [-0.3, -0.25) is 0 Å². The van der Waals surface area contributed by atoms with Crippen LogP contribution in [0.4, 0.5) is 11.5 Å². The van der Waals surface area contributed by atoms with Gasteiger partial charge in [-0.2, -0.15) is 0 Å². The molecular formula is C26H27ClN4O3. The van der Waals surface area contributed by atoms with Crippen LogP contribution in [0.2, 0.25) is 5.02 Å². The third-order valence-electron chi connectivity index (χ3n) is 6.10. The molecule has 5 rings (SSSR count). The first kappa shape index (κ1) is 22.5. The lowest BCUT2D eigenvalue weighted by Gasteiger charge is -2.20. The third-order valence-corrected chi connectivity index (χ3v) is 6.33. The number of halogens is 1. The van der Waals surface area contributed by atoms with E-state index >= 15 is 0 Å². The Balaban J connectivity index is 1.52. The van der Waals surface area contributed by atoms with Crippen LogP contribution in [-0.2, 0) is 4.74 Å². The van der Waals surface area contributed by atoms with Crippen LogP contribution in [-0.4, -0.2) is 36.4 Å². The maximum atomic E-state index is 6.35. The molecule has 176 valence electrons. The van der Waals surface area contributed by atoms with Gasteiger partial charge in [-0.05, 0) is 55.1 Å². The van der Waals surface area contributed by atoms with Crippen LogP contribution in [0.5, 0.6) is 11.5 Å². The Bertz CT molecular complexity index is 1370. The number of methoxy groups -OCH3 is 1. The molecule has 1 saturated heterocycles. The molecule has 0 radical (unpaired) electrons. The van der Waals surface area contributed by atoms with Crippen molar-refractivity contribution in [2.45, 2.75) is 32.4 Å². The third kappa shape index (κ3) is 4.41. The van der Waals surface area contributed by atoms with Crippen molar-refractivity contribution in [3.63, 3.8) is 0 Å². The highest BCUT2D eigenvalue weighted by Gasteiger charge is 2.21. The first-order valence-corrected chi connectivity index (χ1v) is 11.6. The largest absolute Gasteiger partial charge is 0.493 e. The van der Waals surface area contributed by atoms with E-state index in [4.69, 9.17) is 36.5 Å². The van der Waals surface area contributed by atoms with Crippen molar-refractivity contribution in [1.82, 2.24) is 9.97 Å². The average molecular weight is 479 g/mol. The molecule has 0 aliphatic carbocycles. The zero-order chi connectivity index (χ0) is 23.8. The average Bonchev–Trinajstić information content (AvgIpc) is 3.32. The van der Waals surface area contributed by atoms with Crippen LogP contribution in [0.25, 0.3) is 21.7 Å². The number of nitrogens with zero attached hydrogens (tertiary/aromatic N) is 2. The number of benzene rings is 3. The normalized spacial score (nSPS) is 16.6. The number of nitrogens with two attached hydrogens (primary N) is 1. The zero-order valence-electron chi connectivity index (χ0n) is 19.4. The number of ether oxygens (including phenoxy) is 3. The molecule has 3 N–H and O–H groups in total. The second-order valence-corrected chi connectivity index (χ2v) is 9.02. The van der Waals surface area contributed by atoms with Gasteiger partial charge in [0.15, 0.2) is 11.5 Å². The summed E-state index contributed by atoms with van der Waals surface area (Å²) in [6, 6.07) is 13.6. The Morgan fingerprint density at radius 2 is 1.97 bits per heavy atom. The summed E-state index contributed by atoms with van der Waals surface area (Å²) in [6.07, 6.45) is 0.852. The number of aryl methyl sites for hydroxylation is 1. The van der Waals surface area contributed by atoms with E-state index in [0.717, 1.165) is 39.5 Å². The van der Waals surface area contributed by atoms with Gasteiger partial charge in [0, 0.05) is 34.0 Å². The minimum absolute atomic E-state index is 0.00197. The highest BCUT2D eigenvalue weighted by molar-refractivity contribution is 6.31. The standard InChI is InChI=1S/C26H27ClN4O3/c1-14(17-8-16-4-5-18(27)10-20(16)22(28)9-17)29-26-21-11-25(34-19-6-7-33-13-19)24(32-3)12-23(21)30-15(2)31-26/h4-5,8-12,14,19H,6-7,13,28H2,1-3H3,(H,29,30,31)/t14-,19+/m1/s1. The van der Waals surface area contributed by atoms with Crippen LogP contribution in [0.1, 0.15) is 30.8 Å². The fourth-order valence-corrected chi connectivity index (χ4v) is 4.49. The Hall–Kier alpha value is -3.29. The summed E-state index contributed by atoms with van der Waals surface area (Å²) in [5, 5.41) is 7.05. The Morgan fingerprint density at radius 1 is 1.12 bits per heavy atom. The molecule has 1 aliphatic heterocycles. The SMILES string of the molecule is COc1cc2nc(C)nc(N[C@H](C)c3cc(N)c4cc(Cl)ccc4c3)c2cc1O[C@H]1CCOC1. The van der Waals surface area contributed by atoms with Crippen LogP contribution >= 0.6 is 11.6 Å². The summed E-state index contributed by atoms with van der Waals surface area (Å²) in [5.74, 6) is 2.67. The van der Waals surface area contributed by atoms with E-state index in [-0.39, 0.29) is 12.1 Å². The molecule has 0 amide bonds. The van der Waals surface area contributed by atoms with Crippen molar-refractivity contribution in [3.05, 3.63) is 58.9 Å². The predicted molar refractivity (Wildman–Crippen MR) is 136 cm³/mol. The summed E-state index contributed by atoms with van der Waals surface area (Å²) in [5.41, 5.74) is 8.86. The molecule has 0 bridgehead atoms. The number of nitrogen functional groups attached to an aromatic ring is 1. The van der Waals surface area contributed by atoms with Gasteiger partial charge >= 0.3 is 0 Å². The van der Waals surface area contributed by atoms with Gasteiger partial charge in [0.05, 0.1) is 31.9 Å². The second kappa shape index (κ2) is 9.16. The van der Waals surface area contributed by atoms with Gasteiger partial charge < -0.3 is 25.3 Å². The molecule has 1 aliphatic rings. The lowest BCUT2D eigenvalue weighted by atomic mass is 10.0. The Kier molecular flexibility index (Phi) is 6.06. The summed E-state index contributed by atoms with van der Waals surface area (Å²) in [4.78, 5) is 9.32. The smallest absolute Gasteiger partial charge is 0.162 e. The first-order valence-electron chi connectivity index (χ1n) is 11.3. The van der Waals surface area contributed by atoms with E-state index in [0.29, 0.717) is 41.2 Å². The van der Waals surface area contributed by atoms with Crippen LogP contribution in [0.15, 0.2) is 42.5 Å². The summed E-state index contributed by atoms with van der Waals surface area (Å²) in [6.45, 7) is 5.23. The summed E-state index contributed by atoms with van der Waals surface area (Å²) >= 11 is 6.15. The van der Waals surface area contributed by atoms with Gasteiger partial charge in [0.25, 0.3) is 0 Å². The van der Waals surface area contributed by atoms with Crippen LogP contribution in [0, 0.1) is 6.92 Å². The van der Waals surface area contributed by atoms with Crippen molar-refractivity contribution in [1.29, 1.82) is 0 Å². The van der Waals surface area contributed by atoms with E-state index < -0.39 is 0 Å². The molecule has 0 saturated carbocycles. The van der Waals surface area contributed by atoms with Crippen LogP contribution in [0.3, 0.4) is 0 Å². The lowest BCUT2D eigenvalue weighted by Crippen LogP contribution is -2.16. The number of fused-ring (bicyclic) bond motifs is 2. The molecule has 1 aromatic heterocycles. The van der Waals surface area contributed by atoms with E-state index in [1.54, 1.807) is 7.11 Å². The van der Waals surface area contributed by atoms with Crippen molar-refractivity contribution >= 4 is 44.8 Å². The van der Waals surface area contributed by atoms with Crippen molar-refractivity contribution in [2.75, 3.05) is 31.4 Å². The fraction of sp³-hybridized carbons (Fsp3) is 0.308. The maximum Gasteiger partial charge on any atom is 0.162 e. The predicted octanol–water partition coefficient (Wildman–Crippen LogP) is 5.68. The van der Waals surface area contributed by atoms with E-state index in [1.807, 2.05) is 43.3 Å². The molecule has 2 atom stereocenters. The van der Waals surface area contributed by atoms with Gasteiger partial charge in [-0.25, -0.2) is 9.97 Å². The minimum atomic E-state index is -0.0606. The van der Waals surface area contributed by atoms with Crippen molar-refractivity contribution in [2.24, 2.45) is 0 Å². The maximum absolute atomic E-state index is 6.35. The minimum Gasteiger partial charge on any atom is -0.493 e. The van der Waals surface area contributed by atoms with E-state index in [1.165, 1.54) is 0 Å². The zero-order valence-corrected chi connectivity index (χ0v) is 20.1. The fourth-order valence-electron chi connectivity index (χ4n) is 4.32. The molecule has 34 heavy (non-hydrogen) atoms. The first-order chi connectivity index (χ1) is 16.4. The Labute approximate surface area is 203 Å². The number of anilines is 2. The second-order valence-electron chi connectivity index (χ2n) is 8.58. The van der Waals surface area contributed by atoms with Gasteiger partial charge in [0.2, 0.25) is 0 Å². The molecule has 0 unspecified atom stereocenters. The molecule has 8 heteroatoms. The molecule has 2 heterocycles. The van der Waals surface area contributed by atoms with Gasteiger partial charge in [-0.1, -0.05) is 17.7 Å². The monoisotopic (exact) mass is 478 g/mol. The topological polar surface area (TPSA) is 91.5 Å². The van der Waals surface area contributed by atoms with Crippen molar-refractivity contribution in [3.8, 4) is 11.5 Å². The molecule has 7 nitrogen and oxygen atoms in total. The molecule has 0 spiro atoms. The van der Waals surface area contributed by atoms with E-state index in [2.05, 4.69) is 23.3 Å². The number of nitrogens with one attached hydrogen (secondary N) is 1. The van der Waals surface area contributed by atoms with Crippen LogP contribution < -0.4 is 20.5 Å². The molecular weight excluding hydrogens is 452 g/mol. The highest BCUT2D eigenvalue weighted by Crippen LogP contribution is 2.37.